The lowest BCUT2D eigenvalue weighted by molar-refractivity contribution is -0.0171. The van der Waals surface area contributed by atoms with Gasteiger partial charge in [-0.05, 0) is 0 Å². The molecule has 0 amide bonds. The first-order valence-electron chi connectivity index (χ1n) is 5.60. The minimum atomic E-state index is -2.12. The van der Waals surface area contributed by atoms with Crippen LogP contribution in [-0.4, -0.2) is 50.0 Å². The van der Waals surface area contributed by atoms with Gasteiger partial charge < -0.3 is 29.4 Å². The van der Waals surface area contributed by atoms with Crippen molar-refractivity contribution in [2.24, 2.45) is 5.50 Å². The van der Waals surface area contributed by atoms with Crippen LogP contribution in [-0.2, 0) is 9.26 Å². The van der Waals surface area contributed by atoms with E-state index in [1.807, 2.05) is 4.98 Å². The Morgan fingerprint density at radius 1 is 1.40 bits per heavy atom. The lowest BCUT2D eigenvalue weighted by Crippen LogP contribution is -2.34. The zero-order valence-electron chi connectivity index (χ0n) is 10.1. The van der Waals surface area contributed by atoms with E-state index in [4.69, 9.17) is 19.7 Å². The molecule has 0 saturated carbocycles. The Labute approximate surface area is 113 Å². The third kappa shape index (κ3) is 3.13. The van der Waals surface area contributed by atoms with E-state index >= 15 is 0 Å². The highest BCUT2D eigenvalue weighted by Gasteiger charge is 2.44. The molecule has 1 aromatic heterocycles. The highest BCUT2D eigenvalue weighted by atomic mass is 31.2. The molecule has 112 valence electrons. The summed E-state index contributed by atoms with van der Waals surface area (Å²) >= 11 is 0. The van der Waals surface area contributed by atoms with Gasteiger partial charge in [0, 0.05) is 6.20 Å². The molecule has 2 heterocycles. The van der Waals surface area contributed by atoms with Crippen molar-refractivity contribution in [1.29, 1.82) is 0 Å². The highest BCUT2D eigenvalue weighted by Crippen LogP contribution is 2.33. The number of H-pyrrole nitrogens is 2. The Balaban J connectivity index is 2.17. The number of aliphatic hydroxyl groups is 2. The molecule has 0 spiro atoms. The monoisotopic (exact) mass is 307 g/mol. The smallest absolute Gasteiger partial charge is 0.325 e. The molecule has 1 aliphatic rings. The fourth-order valence-electron chi connectivity index (χ4n) is 1.92. The summed E-state index contributed by atoms with van der Waals surface area (Å²) in [5, 5.41) is 19.7. The quantitative estimate of drug-likeness (QED) is 0.329. The topological polar surface area (TPSA) is 171 Å². The predicted molar refractivity (Wildman–Crippen MR) is 66.6 cm³/mol. The predicted octanol–water partition coefficient (Wildman–Crippen LogP) is -2.58. The third-order valence-electron chi connectivity index (χ3n) is 2.89. The maximum atomic E-state index is 11.6. The second-order valence-electron chi connectivity index (χ2n) is 4.20. The summed E-state index contributed by atoms with van der Waals surface area (Å²) in [6.07, 6.45) is -3.67. The summed E-state index contributed by atoms with van der Waals surface area (Å²) in [5.41, 5.74) is 3.59. The number of aromatic amines is 2. The molecule has 0 radical (unpaired) electrons. The molecule has 10 nitrogen and oxygen atoms in total. The molecule has 5 atom stereocenters. The maximum Gasteiger partial charge on any atom is 0.325 e. The van der Waals surface area contributed by atoms with Gasteiger partial charge in [-0.1, -0.05) is 0 Å². The van der Waals surface area contributed by atoms with Crippen molar-refractivity contribution in [3.63, 3.8) is 0 Å². The largest absolute Gasteiger partial charge is 0.387 e. The van der Waals surface area contributed by atoms with E-state index < -0.39 is 44.2 Å². The van der Waals surface area contributed by atoms with Crippen molar-refractivity contribution in [2.45, 2.75) is 24.4 Å². The summed E-state index contributed by atoms with van der Waals surface area (Å²) in [6, 6.07) is 0. The van der Waals surface area contributed by atoms with Gasteiger partial charge in [-0.2, -0.15) is 0 Å². The Bertz CT molecular complexity index is 573. The van der Waals surface area contributed by atoms with Crippen molar-refractivity contribution in [3.8, 4) is 0 Å². The molecule has 1 saturated heterocycles. The van der Waals surface area contributed by atoms with E-state index in [2.05, 4.69) is 4.98 Å². The van der Waals surface area contributed by atoms with Crippen LogP contribution in [0, 0.1) is 0 Å². The average molecular weight is 307 g/mol. The lowest BCUT2D eigenvalue weighted by Gasteiger charge is -2.14. The zero-order valence-corrected chi connectivity index (χ0v) is 11.0. The van der Waals surface area contributed by atoms with Crippen molar-refractivity contribution in [1.82, 2.24) is 9.97 Å². The van der Waals surface area contributed by atoms with Gasteiger partial charge in [-0.25, -0.2) is 4.79 Å². The number of nitrogens with one attached hydrogen (secondary N) is 2. The van der Waals surface area contributed by atoms with Crippen molar-refractivity contribution >= 4 is 8.53 Å². The molecule has 11 heteroatoms. The van der Waals surface area contributed by atoms with Gasteiger partial charge in [-0.15, -0.1) is 0 Å². The summed E-state index contributed by atoms with van der Waals surface area (Å²) in [5.74, 6) is 0. The van der Waals surface area contributed by atoms with Gasteiger partial charge >= 0.3 is 5.69 Å². The number of aliphatic hydroxyl groups excluding tert-OH is 2. The van der Waals surface area contributed by atoms with Gasteiger partial charge in [0.05, 0.1) is 12.2 Å². The van der Waals surface area contributed by atoms with E-state index in [0.717, 1.165) is 6.20 Å². The van der Waals surface area contributed by atoms with Crippen LogP contribution in [0.1, 0.15) is 11.7 Å². The molecule has 1 fully saturated rings. The minimum Gasteiger partial charge on any atom is -0.387 e. The molecule has 1 aromatic rings. The molecular weight excluding hydrogens is 293 g/mol. The maximum absolute atomic E-state index is 11.6. The first-order chi connectivity index (χ1) is 9.40. The van der Waals surface area contributed by atoms with Gasteiger partial charge in [0.15, 0.2) is 0 Å². The number of rotatable bonds is 4. The van der Waals surface area contributed by atoms with E-state index in [0.29, 0.717) is 0 Å². The van der Waals surface area contributed by atoms with Crippen LogP contribution in [0.4, 0.5) is 0 Å². The second kappa shape index (κ2) is 6.10. The molecule has 1 unspecified atom stereocenters. The van der Waals surface area contributed by atoms with Crippen molar-refractivity contribution in [2.75, 3.05) is 6.61 Å². The zero-order chi connectivity index (χ0) is 14.9. The molecular formula is C9H14N3O7P. The van der Waals surface area contributed by atoms with Crippen LogP contribution in [0.5, 0.6) is 0 Å². The lowest BCUT2D eigenvalue weighted by atomic mass is 10.0. The number of hydrogen-bond acceptors (Lipinski definition) is 8. The SMILES string of the molecule is NP(O)OC[C@H]1O[C@@H](c2c[nH]c(=O)[nH]c2=O)[C@H](O)[C@@H]1O. The van der Waals surface area contributed by atoms with Gasteiger partial charge in [-0.3, -0.25) is 15.3 Å². The summed E-state index contributed by atoms with van der Waals surface area (Å²) in [4.78, 5) is 35.6. The summed E-state index contributed by atoms with van der Waals surface area (Å²) in [7, 11) is -2.12. The first kappa shape index (κ1) is 15.3. The Morgan fingerprint density at radius 3 is 2.70 bits per heavy atom. The standard InChI is InChI=1S/C9H14N3O7P/c10-20(17)18-2-4-5(13)6(14)7(19-4)3-1-11-9(16)12-8(3)15/h1,4-7,13-14,17H,2,10H2,(H2,11,12,15,16)/t4-,5-,6-,7+,20?/m1/s1. The second-order valence-corrected chi connectivity index (χ2v) is 5.07. The van der Waals surface area contributed by atoms with Crippen LogP contribution >= 0.6 is 8.53 Å². The van der Waals surface area contributed by atoms with Crippen LogP contribution in [0.25, 0.3) is 0 Å². The number of nitrogens with two attached hydrogens (primary N) is 1. The van der Waals surface area contributed by atoms with E-state index in [-0.39, 0.29) is 12.2 Å². The molecule has 0 aromatic carbocycles. The fraction of sp³-hybridized carbons (Fsp3) is 0.556. The van der Waals surface area contributed by atoms with Crippen LogP contribution < -0.4 is 16.8 Å². The number of ether oxygens (including phenoxy) is 1. The molecule has 7 N–H and O–H groups in total. The summed E-state index contributed by atoms with van der Waals surface area (Å²) < 4.78 is 10.1. The number of hydrogen-bond donors (Lipinski definition) is 6. The van der Waals surface area contributed by atoms with E-state index in [1.54, 1.807) is 0 Å². The Hall–Kier alpha value is -1.13. The highest BCUT2D eigenvalue weighted by molar-refractivity contribution is 7.43. The first-order valence-corrected chi connectivity index (χ1v) is 6.88. The normalized spacial score (nSPS) is 31.4. The average Bonchev–Trinajstić information content (AvgIpc) is 2.64. The minimum absolute atomic E-state index is 0.0299. The van der Waals surface area contributed by atoms with Crippen molar-refractivity contribution in [3.05, 3.63) is 32.6 Å². The van der Waals surface area contributed by atoms with Gasteiger partial charge in [0.2, 0.25) is 8.53 Å². The third-order valence-corrected chi connectivity index (χ3v) is 3.30. The fourth-order valence-corrected chi connectivity index (χ4v) is 2.22. The van der Waals surface area contributed by atoms with Crippen LogP contribution in [0.2, 0.25) is 0 Å². The van der Waals surface area contributed by atoms with E-state index in [1.165, 1.54) is 0 Å². The molecule has 20 heavy (non-hydrogen) atoms. The van der Waals surface area contributed by atoms with Crippen molar-refractivity contribution < 1.29 is 24.4 Å². The van der Waals surface area contributed by atoms with Crippen LogP contribution in [0.3, 0.4) is 0 Å². The molecule has 0 bridgehead atoms. The Morgan fingerprint density at radius 2 is 2.10 bits per heavy atom. The van der Waals surface area contributed by atoms with Gasteiger partial charge in [0.1, 0.15) is 24.4 Å². The number of aromatic nitrogens is 2. The van der Waals surface area contributed by atoms with Crippen LogP contribution in [0.15, 0.2) is 15.8 Å². The van der Waals surface area contributed by atoms with E-state index in [9.17, 15) is 19.8 Å². The molecule has 2 rings (SSSR count). The molecule has 0 aliphatic carbocycles. The molecule has 1 aliphatic heterocycles. The van der Waals surface area contributed by atoms with Gasteiger partial charge in [0.25, 0.3) is 5.56 Å². The Kier molecular flexibility index (Phi) is 4.66. The summed E-state index contributed by atoms with van der Waals surface area (Å²) in [6.45, 7) is -0.241.